The maximum Gasteiger partial charge on any atom is 0.0727 e. The second-order valence-corrected chi connectivity index (χ2v) is 16.3. The van der Waals surface area contributed by atoms with E-state index in [9.17, 15) is 0 Å². The minimum atomic E-state index is -0.456. The van der Waals surface area contributed by atoms with Crippen LogP contribution < -0.4 is 4.90 Å². The Hall–Kier alpha value is -7.20. The third-order valence-corrected chi connectivity index (χ3v) is 13.5. The quantitative estimate of drug-likeness (QED) is 0.164. The lowest BCUT2D eigenvalue weighted by Crippen LogP contribution is -2.28. The van der Waals surface area contributed by atoms with Crippen LogP contribution in [0.25, 0.3) is 58.8 Å². The first-order chi connectivity index (χ1) is 28.8. The molecule has 272 valence electrons. The zero-order valence-corrected chi connectivity index (χ0v) is 32.4. The molecule has 2 nitrogen and oxygen atoms in total. The summed E-state index contributed by atoms with van der Waals surface area (Å²) in [4.78, 5) is 2.41. The van der Waals surface area contributed by atoms with Gasteiger partial charge in [0.2, 0.25) is 0 Å². The van der Waals surface area contributed by atoms with E-state index in [1.165, 1.54) is 75.4 Å². The highest BCUT2D eigenvalue weighted by Gasteiger charge is 2.47. The molecule has 0 saturated heterocycles. The van der Waals surface area contributed by atoms with Crippen molar-refractivity contribution >= 4 is 70.4 Å². The molecule has 0 amide bonds. The first-order valence-electron chi connectivity index (χ1n) is 19.9. The molecule has 1 aliphatic carbocycles. The standard InChI is InChI=1S/C55H36N2S/c1-4-17-37(18-5-1)55(48-27-13-10-23-42(48)43-24-11-14-28-49(43)55)50-29-16-26-45-47-36-41(32-34-53(47)58-54(45)50)56(38-19-6-2-7-20-38)40-31-33-52-46(35-40)44-25-12-15-30-51(44)57(52)39-21-8-3-9-22-39/h1-36H. The second-order valence-electron chi connectivity index (χ2n) is 15.2. The van der Waals surface area contributed by atoms with Crippen LogP contribution in [-0.4, -0.2) is 4.57 Å². The fourth-order valence-electron chi connectivity index (χ4n) is 9.88. The minimum Gasteiger partial charge on any atom is -0.310 e. The van der Waals surface area contributed by atoms with Crippen molar-refractivity contribution in [2.24, 2.45) is 0 Å². The SMILES string of the molecule is c1ccc(N(c2ccc3sc4c(C5(c6ccccc6)c6ccccc6-c6ccccc65)cccc4c3c2)c2ccc3c(c2)c2ccccc2n3-c2ccccc2)cc1. The Bertz CT molecular complexity index is 3300. The number of benzene rings is 9. The van der Waals surface area contributed by atoms with Crippen LogP contribution in [0, 0.1) is 0 Å². The van der Waals surface area contributed by atoms with Gasteiger partial charge < -0.3 is 9.47 Å². The van der Waals surface area contributed by atoms with E-state index >= 15 is 0 Å². The average molecular weight is 757 g/mol. The number of thiophene rings is 1. The van der Waals surface area contributed by atoms with E-state index in [0.29, 0.717) is 0 Å². The van der Waals surface area contributed by atoms with E-state index in [1.54, 1.807) is 0 Å². The maximum atomic E-state index is 2.41. The van der Waals surface area contributed by atoms with Gasteiger partial charge in [0, 0.05) is 53.7 Å². The van der Waals surface area contributed by atoms with Crippen LogP contribution in [0.2, 0.25) is 0 Å². The summed E-state index contributed by atoms with van der Waals surface area (Å²) in [6.07, 6.45) is 0. The van der Waals surface area contributed by atoms with E-state index in [-0.39, 0.29) is 0 Å². The fraction of sp³-hybridized carbons (Fsp3) is 0.0182. The summed E-state index contributed by atoms with van der Waals surface area (Å²) in [7, 11) is 0. The molecule has 3 heteroatoms. The molecular weight excluding hydrogens is 721 g/mol. The van der Waals surface area contributed by atoms with Gasteiger partial charge in [0.05, 0.1) is 16.4 Å². The molecule has 2 aromatic heterocycles. The minimum absolute atomic E-state index is 0.456. The van der Waals surface area contributed by atoms with Gasteiger partial charge in [-0.15, -0.1) is 11.3 Å². The Morgan fingerprint density at radius 2 is 0.931 bits per heavy atom. The highest BCUT2D eigenvalue weighted by atomic mass is 32.1. The number of hydrogen-bond donors (Lipinski definition) is 0. The van der Waals surface area contributed by atoms with Crippen molar-refractivity contribution in [3.8, 4) is 16.8 Å². The maximum absolute atomic E-state index is 2.41. The lowest BCUT2D eigenvalue weighted by Gasteiger charge is -2.34. The predicted octanol–water partition coefficient (Wildman–Crippen LogP) is 15.0. The van der Waals surface area contributed by atoms with Gasteiger partial charge in [0.1, 0.15) is 0 Å². The third-order valence-electron chi connectivity index (χ3n) is 12.2. The van der Waals surface area contributed by atoms with Crippen molar-refractivity contribution in [3.63, 3.8) is 0 Å². The van der Waals surface area contributed by atoms with Gasteiger partial charge in [-0.1, -0.05) is 152 Å². The molecule has 0 N–H and O–H groups in total. The van der Waals surface area contributed by atoms with Gasteiger partial charge in [0.25, 0.3) is 0 Å². The molecule has 0 fully saturated rings. The summed E-state index contributed by atoms with van der Waals surface area (Å²) in [6, 6.07) is 80.4. The van der Waals surface area contributed by atoms with Gasteiger partial charge in [-0.25, -0.2) is 0 Å². The number of para-hydroxylation sites is 3. The molecule has 0 unspecified atom stereocenters. The highest BCUT2D eigenvalue weighted by molar-refractivity contribution is 7.26. The Labute approximate surface area is 341 Å². The molecule has 0 aliphatic heterocycles. The topological polar surface area (TPSA) is 8.17 Å². The van der Waals surface area contributed by atoms with Crippen LogP contribution in [0.5, 0.6) is 0 Å². The van der Waals surface area contributed by atoms with E-state index in [4.69, 9.17) is 0 Å². The Balaban J connectivity index is 1.08. The fourth-order valence-corrected chi connectivity index (χ4v) is 11.1. The predicted molar refractivity (Wildman–Crippen MR) is 246 cm³/mol. The van der Waals surface area contributed by atoms with E-state index in [0.717, 1.165) is 22.7 Å². The number of rotatable bonds is 6. The number of anilines is 3. The van der Waals surface area contributed by atoms with Gasteiger partial charge in [-0.2, -0.15) is 0 Å². The number of hydrogen-bond acceptors (Lipinski definition) is 2. The van der Waals surface area contributed by atoms with E-state index in [1.807, 2.05) is 11.3 Å². The van der Waals surface area contributed by atoms with Crippen LogP contribution in [0.1, 0.15) is 22.3 Å². The van der Waals surface area contributed by atoms with Crippen molar-refractivity contribution < 1.29 is 0 Å². The van der Waals surface area contributed by atoms with Crippen LogP contribution in [0.4, 0.5) is 17.1 Å². The van der Waals surface area contributed by atoms with Crippen molar-refractivity contribution in [1.82, 2.24) is 4.57 Å². The first-order valence-corrected chi connectivity index (χ1v) is 20.8. The molecule has 9 aromatic carbocycles. The summed E-state index contributed by atoms with van der Waals surface area (Å²) in [5, 5.41) is 5.02. The molecule has 0 radical (unpaired) electrons. The van der Waals surface area contributed by atoms with E-state index < -0.39 is 5.41 Å². The molecular formula is C55H36N2S. The van der Waals surface area contributed by atoms with Gasteiger partial charge in [-0.05, 0) is 100 Å². The van der Waals surface area contributed by atoms with Gasteiger partial charge >= 0.3 is 0 Å². The van der Waals surface area contributed by atoms with Gasteiger partial charge in [0.15, 0.2) is 0 Å². The summed E-state index contributed by atoms with van der Waals surface area (Å²) < 4.78 is 4.99. The summed E-state index contributed by atoms with van der Waals surface area (Å²) in [6.45, 7) is 0. The van der Waals surface area contributed by atoms with Crippen molar-refractivity contribution in [2.45, 2.75) is 5.41 Å². The molecule has 12 rings (SSSR count). The van der Waals surface area contributed by atoms with Gasteiger partial charge in [-0.3, -0.25) is 0 Å². The number of aromatic nitrogens is 1. The molecule has 1 aliphatic rings. The summed E-state index contributed by atoms with van der Waals surface area (Å²) >= 11 is 1.91. The normalized spacial score (nSPS) is 13.0. The lowest BCUT2D eigenvalue weighted by atomic mass is 9.67. The highest BCUT2D eigenvalue weighted by Crippen LogP contribution is 2.58. The molecule has 0 saturated carbocycles. The van der Waals surface area contributed by atoms with Crippen molar-refractivity contribution in [3.05, 3.63) is 241 Å². The molecule has 0 atom stereocenters. The van der Waals surface area contributed by atoms with Crippen molar-refractivity contribution in [2.75, 3.05) is 4.90 Å². The summed E-state index contributed by atoms with van der Waals surface area (Å²) in [5.41, 5.74) is 14.4. The average Bonchev–Trinajstić information content (AvgIpc) is 3.94. The Kier molecular flexibility index (Phi) is 7.35. The van der Waals surface area contributed by atoms with Crippen LogP contribution in [0.15, 0.2) is 218 Å². The van der Waals surface area contributed by atoms with Crippen LogP contribution in [-0.2, 0) is 5.41 Å². The first kappa shape index (κ1) is 33.0. The van der Waals surface area contributed by atoms with E-state index in [2.05, 4.69) is 228 Å². The molecule has 0 spiro atoms. The molecule has 58 heavy (non-hydrogen) atoms. The summed E-state index contributed by atoms with van der Waals surface area (Å²) in [5.74, 6) is 0. The largest absolute Gasteiger partial charge is 0.310 e. The number of fused-ring (bicyclic) bond motifs is 9. The molecule has 2 heterocycles. The Morgan fingerprint density at radius 3 is 1.67 bits per heavy atom. The zero-order chi connectivity index (χ0) is 38.2. The van der Waals surface area contributed by atoms with Crippen molar-refractivity contribution in [1.29, 1.82) is 0 Å². The van der Waals surface area contributed by atoms with Crippen LogP contribution in [0.3, 0.4) is 0 Å². The molecule has 0 bridgehead atoms. The smallest absolute Gasteiger partial charge is 0.0727 e. The second kappa shape index (κ2) is 12.9. The number of nitrogens with zero attached hydrogens (tertiary/aromatic N) is 2. The third kappa shape index (κ3) is 4.71. The monoisotopic (exact) mass is 756 g/mol. The zero-order valence-electron chi connectivity index (χ0n) is 31.6. The lowest BCUT2D eigenvalue weighted by molar-refractivity contribution is 0.778. The Morgan fingerprint density at radius 1 is 0.379 bits per heavy atom. The molecule has 11 aromatic rings. The van der Waals surface area contributed by atoms with Crippen LogP contribution >= 0.6 is 11.3 Å².